The highest BCUT2D eigenvalue weighted by Crippen LogP contribution is 2.20. The van der Waals surface area contributed by atoms with Gasteiger partial charge in [-0.25, -0.2) is 9.97 Å². The number of methoxy groups -OCH3 is 1. The van der Waals surface area contributed by atoms with E-state index in [0.717, 1.165) is 27.8 Å². The maximum atomic E-state index is 5.68. The number of thioether (sulfide) groups is 1. The molecule has 0 spiro atoms. The predicted molar refractivity (Wildman–Crippen MR) is 86.5 cm³/mol. The van der Waals surface area contributed by atoms with Crippen LogP contribution in [-0.4, -0.2) is 34.4 Å². The van der Waals surface area contributed by atoms with Crippen molar-refractivity contribution in [2.45, 2.75) is 5.03 Å². The van der Waals surface area contributed by atoms with Crippen molar-refractivity contribution in [3.8, 4) is 11.5 Å². The van der Waals surface area contributed by atoms with Crippen molar-refractivity contribution in [3.63, 3.8) is 0 Å². The largest absolute Gasteiger partial charge is 0.497 e. The van der Waals surface area contributed by atoms with E-state index in [1.54, 1.807) is 31.3 Å². The molecule has 6 heteroatoms. The van der Waals surface area contributed by atoms with E-state index in [2.05, 4.69) is 15.0 Å². The molecule has 0 aliphatic heterocycles. The molecule has 0 amide bonds. The van der Waals surface area contributed by atoms with Crippen LogP contribution in [0.4, 0.5) is 0 Å². The average Bonchev–Trinajstić information content (AvgIpc) is 2.59. The molecule has 1 aromatic carbocycles. The Labute approximate surface area is 132 Å². The third kappa shape index (κ3) is 3.65. The zero-order valence-corrected chi connectivity index (χ0v) is 12.9. The summed E-state index contributed by atoms with van der Waals surface area (Å²) >= 11 is 1.63. The first kappa shape index (κ1) is 14.6. The molecule has 0 radical (unpaired) electrons. The summed E-state index contributed by atoms with van der Waals surface area (Å²) in [6.07, 6.45) is 3.32. The van der Waals surface area contributed by atoms with Gasteiger partial charge in [0, 0.05) is 18.1 Å². The highest BCUT2D eigenvalue weighted by atomic mass is 32.2. The van der Waals surface area contributed by atoms with Gasteiger partial charge in [0.25, 0.3) is 0 Å². The van der Waals surface area contributed by atoms with Gasteiger partial charge in [0.1, 0.15) is 17.0 Å². The van der Waals surface area contributed by atoms with Crippen molar-refractivity contribution in [2.75, 3.05) is 19.5 Å². The Hall–Kier alpha value is -2.34. The van der Waals surface area contributed by atoms with Crippen LogP contribution in [0.5, 0.6) is 11.5 Å². The van der Waals surface area contributed by atoms with Crippen LogP contribution >= 0.6 is 11.8 Å². The van der Waals surface area contributed by atoms with Gasteiger partial charge in [-0.15, -0.1) is 11.8 Å². The summed E-state index contributed by atoms with van der Waals surface area (Å²) in [6, 6.07) is 11.4. The van der Waals surface area contributed by atoms with Gasteiger partial charge in [-0.2, -0.15) is 0 Å². The second-order valence-corrected chi connectivity index (χ2v) is 5.54. The quantitative estimate of drug-likeness (QED) is 0.514. The zero-order valence-electron chi connectivity index (χ0n) is 12.1. The van der Waals surface area contributed by atoms with Crippen LogP contribution in [0.3, 0.4) is 0 Å². The molecular formula is C16H15N3O2S. The van der Waals surface area contributed by atoms with Gasteiger partial charge in [0.05, 0.1) is 18.7 Å². The number of hydrogen-bond donors (Lipinski definition) is 0. The van der Waals surface area contributed by atoms with Crippen LogP contribution in [0.2, 0.25) is 0 Å². The third-order valence-electron chi connectivity index (χ3n) is 2.97. The summed E-state index contributed by atoms with van der Waals surface area (Å²) in [5, 5.41) is 0.923. The first-order valence-corrected chi connectivity index (χ1v) is 7.81. The van der Waals surface area contributed by atoms with Crippen LogP contribution in [0, 0.1) is 0 Å². The molecule has 0 unspecified atom stereocenters. The summed E-state index contributed by atoms with van der Waals surface area (Å²) in [7, 11) is 1.65. The molecule has 0 aliphatic carbocycles. The van der Waals surface area contributed by atoms with E-state index in [1.807, 2.05) is 36.4 Å². The van der Waals surface area contributed by atoms with Crippen LogP contribution in [-0.2, 0) is 0 Å². The average molecular weight is 313 g/mol. The number of ether oxygens (including phenoxy) is 2. The van der Waals surface area contributed by atoms with Gasteiger partial charge in [0.2, 0.25) is 0 Å². The molecule has 0 saturated heterocycles. The molecule has 5 nitrogen and oxygen atoms in total. The molecule has 22 heavy (non-hydrogen) atoms. The minimum Gasteiger partial charge on any atom is -0.497 e. The Balaban J connectivity index is 1.51. The van der Waals surface area contributed by atoms with Crippen molar-refractivity contribution >= 4 is 22.9 Å². The summed E-state index contributed by atoms with van der Waals surface area (Å²) in [5.41, 5.74) is 1.48. The summed E-state index contributed by atoms with van der Waals surface area (Å²) < 4.78 is 10.8. The van der Waals surface area contributed by atoms with Gasteiger partial charge in [-0.05, 0) is 36.4 Å². The van der Waals surface area contributed by atoms with E-state index in [0.29, 0.717) is 12.3 Å². The first-order valence-electron chi connectivity index (χ1n) is 6.82. The normalized spacial score (nSPS) is 10.6. The molecule has 0 aliphatic rings. The number of fused-ring (bicyclic) bond motifs is 1. The molecule has 0 N–H and O–H groups in total. The summed E-state index contributed by atoms with van der Waals surface area (Å²) in [6.45, 7) is 0.608. The fraction of sp³-hybridized carbons (Fsp3) is 0.188. The SMILES string of the molecule is COc1ccc(OCCSc2ccc3nccnc3n2)cc1. The van der Waals surface area contributed by atoms with E-state index in [9.17, 15) is 0 Å². The maximum absolute atomic E-state index is 5.68. The lowest BCUT2D eigenvalue weighted by molar-refractivity contribution is 0.342. The Bertz CT molecular complexity index is 750. The topological polar surface area (TPSA) is 57.1 Å². The minimum absolute atomic E-state index is 0.608. The lowest BCUT2D eigenvalue weighted by Gasteiger charge is -2.07. The molecule has 0 fully saturated rings. The van der Waals surface area contributed by atoms with Crippen molar-refractivity contribution in [3.05, 3.63) is 48.8 Å². The molecule has 0 saturated carbocycles. The summed E-state index contributed by atoms with van der Waals surface area (Å²) in [5.74, 6) is 2.46. The maximum Gasteiger partial charge on any atom is 0.179 e. The fourth-order valence-electron chi connectivity index (χ4n) is 1.90. The van der Waals surface area contributed by atoms with Gasteiger partial charge < -0.3 is 9.47 Å². The second kappa shape index (κ2) is 7.09. The lowest BCUT2D eigenvalue weighted by Crippen LogP contribution is -2.00. The van der Waals surface area contributed by atoms with Crippen LogP contribution in [0.25, 0.3) is 11.2 Å². The molecule has 3 rings (SSSR count). The number of hydrogen-bond acceptors (Lipinski definition) is 6. The van der Waals surface area contributed by atoms with Gasteiger partial charge in [-0.1, -0.05) is 0 Å². The van der Waals surface area contributed by atoms with E-state index in [4.69, 9.17) is 9.47 Å². The minimum atomic E-state index is 0.608. The number of pyridine rings is 1. The molecular weight excluding hydrogens is 298 g/mol. The van der Waals surface area contributed by atoms with Crippen molar-refractivity contribution in [2.24, 2.45) is 0 Å². The number of benzene rings is 1. The Kier molecular flexibility index (Phi) is 4.70. The van der Waals surface area contributed by atoms with E-state index >= 15 is 0 Å². The van der Waals surface area contributed by atoms with Crippen LogP contribution in [0.1, 0.15) is 0 Å². The van der Waals surface area contributed by atoms with Gasteiger partial charge in [-0.3, -0.25) is 4.98 Å². The Morgan fingerprint density at radius 1 is 0.955 bits per heavy atom. The number of rotatable bonds is 6. The highest BCUT2D eigenvalue weighted by Gasteiger charge is 2.01. The van der Waals surface area contributed by atoms with Crippen molar-refractivity contribution in [1.82, 2.24) is 15.0 Å². The zero-order chi connectivity index (χ0) is 15.2. The lowest BCUT2D eigenvalue weighted by atomic mass is 10.3. The molecule has 0 atom stereocenters. The highest BCUT2D eigenvalue weighted by molar-refractivity contribution is 7.99. The second-order valence-electron chi connectivity index (χ2n) is 4.42. The standard InChI is InChI=1S/C16H15N3O2S/c1-20-12-2-4-13(5-3-12)21-10-11-22-15-7-6-14-16(19-15)18-9-8-17-14/h2-9H,10-11H2,1H3. The third-order valence-corrected chi connectivity index (χ3v) is 3.86. The Morgan fingerprint density at radius 2 is 1.73 bits per heavy atom. The predicted octanol–water partition coefficient (Wildman–Crippen LogP) is 3.20. The van der Waals surface area contributed by atoms with Crippen LogP contribution < -0.4 is 9.47 Å². The molecule has 112 valence electrons. The van der Waals surface area contributed by atoms with Gasteiger partial charge >= 0.3 is 0 Å². The van der Waals surface area contributed by atoms with Gasteiger partial charge in [0.15, 0.2) is 5.65 Å². The Morgan fingerprint density at radius 3 is 2.55 bits per heavy atom. The van der Waals surface area contributed by atoms with E-state index in [1.165, 1.54) is 0 Å². The van der Waals surface area contributed by atoms with Crippen molar-refractivity contribution in [1.29, 1.82) is 0 Å². The molecule has 0 bridgehead atoms. The monoisotopic (exact) mass is 313 g/mol. The molecule has 2 aromatic heterocycles. The fourth-order valence-corrected chi connectivity index (χ4v) is 2.59. The smallest absolute Gasteiger partial charge is 0.179 e. The molecule has 2 heterocycles. The van der Waals surface area contributed by atoms with E-state index in [-0.39, 0.29) is 0 Å². The number of aromatic nitrogens is 3. The number of nitrogens with zero attached hydrogens (tertiary/aromatic N) is 3. The summed E-state index contributed by atoms with van der Waals surface area (Å²) in [4.78, 5) is 12.9. The van der Waals surface area contributed by atoms with E-state index < -0.39 is 0 Å². The molecule has 3 aromatic rings. The van der Waals surface area contributed by atoms with Crippen LogP contribution in [0.15, 0.2) is 53.8 Å². The van der Waals surface area contributed by atoms with Crippen molar-refractivity contribution < 1.29 is 9.47 Å². The first-order chi connectivity index (χ1) is 10.8.